The van der Waals surface area contributed by atoms with Crippen LogP contribution in [0, 0.1) is 5.41 Å². The van der Waals surface area contributed by atoms with E-state index in [0.29, 0.717) is 6.54 Å². The molecule has 1 saturated heterocycles. The van der Waals surface area contributed by atoms with Crippen molar-refractivity contribution in [2.45, 2.75) is 33.2 Å². The maximum atomic E-state index is 11.7. The lowest BCUT2D eigenvalue weighted by Crippen LogP contribution is -2.72. The molecule has 114 valence electrons. The van der Waals surface area contributed by atoms with Gasteiger partial charge >= 0.3 is 0 Å². The van der Waals surface area contributed by atoms with Gasteiger partial charge in [-0.25, -0.2) is 4.99 Å². The van der Waals surface area contributed by atoms with E-state index in [2.05, 4.69) is 49.5 Å². The smallest absolute Gasteiger partial charge is 0.243 e. The van der Waals surface area contributed by atoms with Crippen molar-refractivity contribution in [3.8, 4) is 0 Å². The third kappa shape index (κ3) is 3.14. The van der Waals surface area contributed by atoms with Gasteiger partial charge in [0.15, 0.2) is 5.96 Å². The number of amides is 1. The van der Waals surface area contributed by atoms with E-state index < -0.39 is 0 Å². The monoisotopic (exact) mass is 280 g/mol. The summed E-state index contributed by atoms with van der Waals surface area (Å²) in [6, 6.07) is 0. The summed E-state index contributed by atoms with van der Waals surface area (Å²) in [4.78, 5) is 19.9. The number of guanidine groups is 1. The first-order valence-corrected chi connectivity index (χ1v) is 7.00. The summed E-state index contributed by atoms with van der Waals surface area (Å²) in [5, 5.41) is 3.25. The number of carbonyl (C=O) groups excluding carboxylic acids is 1. The van der Waals surface area contributed by atoms with Gasteiger partial charge in [-0.15, -0.1) is 6.58 Å². The first-order valence-electron chi connectivity index (χ1n) is 7.00. The second-order valence-electron chi connectivity index (χ2n) is 6.63. The highest BCUT2D eigenvalue weighted by Gasteiger charge is 2.53. The van der Waals surface area contributed by atoms with Crippen molar-refractivity contribution in [1.29, 1.82) is 0 Å². The lowest BCUT2D eigenvalue weighted by molar-refractivity contribution is -0.127. The van der Waals surface area contributed by atoms with Crippen molar-refractivity contribution in [2.24, 2.45) is 10.4 Å². The van der Waals surface area contributed by atoms with Crippen molar-refractivity contribution in [2.75, 3.05) is 33.7 Å². The van der Waals surface area contributed by atoms with E-state index in [0.717, 1.165) is 12.5 Å². The highest BCUT2D eigenvalue weighted by molar-refractivity contribution is 5.86. The normalized spacial score (nSPS) is 20.1. The Hall–Kier alpha value is -1.52. The van der Waals surface area contributed by atoms with Gasteiger partial charge in [0, 0.05) is 38.1 Å². The second kappa shape index (κ2) is 5.85. The summed E-state index contributed by atoms with van der Waals surface area (Å²) in [6.07, 6.45) is 1.79. The summed E-state index contributed by atoms with van der Waals surface area (Å²) in [7, 11) is 3.48. The standard InChI is InChI=1S/C15H28N4O/c1-8-9-16-13(17-10-12(20)18(6)7)19-11-14(2,3)15(19,4)5/h8H,1,9-11H2,2-7H3,(H,16,17). The van der Waals surface area contributed by atoms with E-state index >= 15 is 0 Å². The molecule has 5 nitrogen and oxygen atoms in total. The highest BCUT2D eigenvalue weighted by atomic mass is 16.2. The molecule has 0 radical (unpaired) electrons. The lowest BCUT2D eigenvalue weighted by Gasteiger charge is -2.62. The van der Waals surface area contributed by atoms with Gasteiger partial charge < -0.3 is 15.1 Å². The van der Waals surface area contributed by atoms with Crippen LogP contribution in [-0.2, 0) is 4.79 Å². The minimum Gasteiger partial charge on any atom is -0.353 e. The zero-order valence-electron chi connectivity index (χ0n) is 13.7. The van der Waals surface area contributed by atoms with Gasteiger partial charge in [-0.2, -0.15) is 0 Å². The van der Waals surface area contributed by atoms with Crippen LogP contribution in [0.2, 0.25) is 0 Å². The van der Waals surface area contributed by atoms with Crippen LogP contribution < -0.4 is 5.32 Å². The molecule has 1 fully saturated rings. The fraction of sp³-hybridized carbons (Fsp3) is 0.733. The number of carbonyl (C=O) groups is 1. The molecule has 0 aliphatic carbocycles. The van der Waals surface area contributed by atoms with E-state index in [1.54, 1.807) is 25.1 Å². The van der Waals surface area contributed by atoms with Crippen LogP contribution in [0.3, 0.4) is 0 Å². The number of hydrogen-bond acceptors (Lipinski definition) is 2. The molecule has 0 spiro atoms. The molecule has 0 aromatic rings. The summed E-state index contributed by atoms with van der Waals surface area (Å²) in [6.45, 7) is 14.4. The van der Waals surface area contributed by atoms with Gasteiger partial charge in [0.1, 0.15) is 6.54 Å². The predicted octanol–water partition coefficient (Wildman–Crippen LogP) is 1.33. The van der Waals surface area contributed by atoms with Crippen LogP contribution in [0.1, 0.15) is 27.7 Å². The van der Waals surface area contributed by atoms with E-state index in [1.165, 1.54) is 0 Å². The molecular weight excluding hydrogens is 252 g/mol. The Bertz CT molecular complexity index is 410. The fourth-order valence-corrected chi connectivity index (χ4v) is 2.08. The molecule has 5 heteroatoms. The Balaban J connectivity index is 2.83. The van der Waals surface area contributed by atoms with Crippen LogP contribution in [0.25, 0.3) is 0 Å². The molecular formula is C15H28N4O. The Morgan fingerprint density at radius 2 is 2.00 bits per heavy atom. The van der Waals surface area contributed by atoms with Crippen molar-refractivity contribution < 1.29 is 4.79 Å². The zero-order chi connectivity index (χ0) is 15.6. The summed E-state index contributed by atoms with van der Waals surface area (Å²) in [5.74, 6) is 0.782. The zero-order valence-corrected chi connectivity index (χ0v) is 13.7. The van der Waals surface area contributed by atoms with Gasteiger partial charge in [0.05, 0.1) is 0 Å². The molecule has 1 heterocycles. The van der Waals surface area contributed by atoms with Gasteiger partial charge in [-0.05, 0) is 13.8 Å². The Morgan fingerprint density at radius 3 is 2.40 bits per heavy atom. The maximum absolute atomic E-state index is 11.7. The third-order valence-electron chi connectivity index (χ3n) is 4.41. The molecule has 1 amide bonds. The van der Waals surface area contributed by atoms with Crippen molar-refractivity contribution in [3.63, 3.8) is 0 Å². The van der Waals surface area contributed by atoms with E-state index in [9.17, 15) is 4.79 Å². The van der Waals surface area contributed by atoms with Crippen LogP contribution in [0.4, 0.5) is 0 Å². The molecule has 1 aliphatic rings. The molecule has 0 unspecified atom stereocenters. The quantitative estimate of drug-likeness (QED) is 0.480. The molecule has 0 saturated carbocycles. The fourth-order valence-electron chi connectivity index (χ4n) is 2.08. The first-order chi connectivity index (χ1) is 9.13. The van der Waals surface area contributed by atoms with Crippen molar-refractivity contribution >= 4 is 11.9 Å². The van der Waals surface area contributed by atoms with Crippen molar-refractivity contribution in [3.05, 3.63) is 12.7 Å². The molecule has 1 aliphatic heterocycles. The number of aliphatic imine (C=N–C) groups is 1. The number of hydrogen-bond donors (Lipinski definition) is 1. The second-order valence-corrected chi connectivity index (χ2v) is 6.63. The van der Waals surface area contributed by atoms with E-state index in [4.69, 9.17) is 0 Å². The van der Waals surface area contributed by atoms with Crippen molar-refractivity contribution in [1.82, 2.24) is 15.1 Å². The van der Waals surface area contributed by atoms with Gasteiger partial charge in [-0.3, -0.25) is 4.79 Å². The van der Waals surface area contributed by atoms with Gasteiger partial charge in [0.2, 0.25) is 5.91 Å². The minimum atomic E-state index is 0.000456. The maximum Gasteiger partial charge on any atom is 0.243 e. The van der Waals surface area contributed by atoms with Crippen LogP contribution in [0.15, 0.2) is 17.6 Å². The van der Waals surface area contributed by atoms with Gasteiger partial charge in [0.25, 0.3) is 0 Å². The molecule has 1 rings (SSSR count). The minimum absolute atomic E-state index is 0.000456. The summed E-state index contributed by atoms with van der Waals surface area (Å²) < 4.78 is 0. The number of likely N-dealkylation sites (N-methyl/N-ethyl adjacent to an activating group) is 1. The highest BCUT2D eigenvalue weighted by Crippen LogP contribution is 2.46. The number of likely N-dealkylation sites (tertiary alicyclic amines) is 1. The van der Waals surface area contributed by atoms with Gasteiger partial charge in [-0.1, -0.05) is 19.9 Å². The van der Waals surface area contributed by atoms with Crippen LogP contribution >= 0.6 is 0 Å². The Morgan fingerprint density at radius 1 is 1.40 bits per heavy atom. The largest absolute Gasteiger partial charge is 0.353 e. The van der Waals surface area contributed by atoms with E-state index in [1.807, 2.05) is 0 Å². The van der Waals surface area contributed by atoms with Crippen LogP contribution in [-0.4, -0.2) is 60.9 Å². The molecule has 20 heavy (non-hydrogen) atoms. The molecule has 0 bridgehead atoms. The molecule has 0 aromatic heterocycles. The molecule has 1 N–H and O–H groups in total. The van der Waals surface area contributed by atoms with Crippen LogP contribution in [0.5, 0.6) is 0 Å². The number of nitrogens with zero attached hydrogens (tertiary/aromatic N) is 3. The summed E-state index contributed by atoms with van der Waals surface area (Å²) in [5.41, 5.74) is 0.246. The predicted molar refractivity (Wildman–Crippen MR) is 83.8 cm³/mol. The molecule has 0 aromatic carbocycles. The first kappa shape index (κ1) is 16.5. The average molecular weight is 280 g/mol. The Labute approximate surface area is 122 Å². The number of rotatable bonds is 4. The summed E-state index contributed by atoms with van der Waals surface area (Å²) >= 11 is 0. The Kier molecular flexibility index (Phi) is 4.84. The SMILES string of the molecule is C=CCNC(=NCC(=O)N(C)C)N1CC(C)(C)C1(C)C. The number of nitrogens with one attached hydrogen (secondary N) is 1. The lowest BCUT2D eigenvalue weighted by atomic mass is 9.65. The van der Waals surface area contributed by atoms with E-state index in [-0.39, 0.29) is 23.4 Å². The average Bonchev–Trinajstić information content (AvgIpc) is 2.36. The third-order valence-corrected chi connectivity index (χ3v) is 4.41. The molecule has 0 atom stereocenters. The topological polar surface area (TPSA) is 47.9 Å².